The maximum Gasteiger partial charge on any atom is 0.397 e. The van der Waals surface area contributed by atoms with Gasteiger partial charge in [0, 0.05) is 0 Å². The molecule has 0 atom stereocenters. The van der Waals surface area contributed by atoms with Gasteiger partial charge < -0.3 is 6.15 Å². The van der Waals surface area contributed by atoms with E-state index in [-0.39, 0.29) is 6.15 Å². The van der Waals surface area contributed by atoms with Crippen LogP contribution >= 0.6 is 0 Å². The lowest BCUT2D eigenvalue weighted by atomic mass is 9.85. The number of hydrogen-bond acceptors (Lipinski definition) is 4. The topological polar surface area (TPSA) is 98.6 Å². The first-order valence-corrected chi connectivity index (χ1v) is 14.4. The van der Waals surface area contributed by atoms with Crippen LogP contribution in [0.4, 0.5) is 0 Å². The van der Waals surface area contributed by atoms with Crippen LogP contribution in [0.25, 0.3) is 0 Å². The molecule has 0 aromatic carbocycles. The van der Waals surface area contributed by atoms with Gasteiger partial charge in [0.25, 0.3) is 0 Å². The molecule has 0 rings (SSSR count). The Hall–Kier alpha value is -0.170. The Bertz CT molecular complexity index is 427. The molecular weight excluding hydrogens is 410 g/mol. The quantitative estimate of drug-likeness (QED) is 0.116. The minimum absolute atomic E-state index is 0. The average Bonchev–Trinajstić information content (AvgIpc) is 2.69. The molecule has 0 radical (unpaired) electrons. The summed E-state index contributed by atoms with van der Waals surface area (Å²) in [5, 5.41) is 0. The van der Waals surface area contributed by atoms with Crippen LogP contribution in [0.2, 0.25) is 0 Å². The molecule has 0 fully saturated rings. The van der Waals surface area contributed by atoms with Crippen LogP contribution in [0.1, 0.15) is 156 Å². The first-order valence-electron chi connectivity index (χ1n) is 13.1. The lowest BCUT2D eigenvalue weighted by Crippen LogP contribution is -2.35. The van der Waals surface area contributed by atoms with Crippen molar-refractivity contribution in [1.29, 1.82) is 0 Å². The minimum Gasteiger partial charge on any atom is -0.344 e. The summed E-state index contributed by atoms with van der Waals surface area (Å²) in [6.07, 6.45) is 23.3. The molecule has 6 heteroatoms. The second-order valence-corrected chi connectivity index (χ2v) is 10.3. The number of hydrogen-bond donors (Lipinski definition) is 2. The smallest absolute Gasteiger partial charge is 0.344 e. The monoisotopic (exact) mass is 465 g/mol. The maximum absolute atomic E-state index is 11.7. The summed E-state index contributed by atoms with van der Waals surface area (Å²) in [5.41, 5.74) is -0.714. The van der Waals surface area contributed by atoms with Crippen LogP contribution in [0.15, 0.2) is 0 Å². The van der Waals surface area contributed by atoms with Crippen LogP contribution in [0, 0.1) is 0 Å². The third-order valence-corrected chi connectivity index (χ3v) is 6.80. The number of rotatable bonds is 23. The van der Waals surface area contributed by atoms with Gasteiger partial charge in [-0.3, -0.25) is 4.55 Å². The largest absolute Gasteiger partial charge is 0.397 e. The van der Waals surface area contributed by atoms with Crippen LogP contribution in [-0.4, -0.2) is 18.6 Å². The van der Waals surface area contributed by atoms with E-state index in [1.807, 2.05) is 0 Å². The van der Waals surface area contributed by atoms with Crippen LogP contribution in [0.5, 0.6) is 0 Å². The molecule has 4 N–H and O–H groups in total. The van der Waals surface area contributed by atoms with Crippen molar-refractivity contribution in [3.63, 3.8) is 0 Å². The molecule has 31 heavy (non-hydrogen) atoms. The third-order valence-electron chi connectivity index (χ3n) is 6.24. The van der Waals surface area contributed by atoms with Crippen LogP contribution < -0.4 is 6.15 Å². The van der Waals surface area contributed by atoms with Gasteiger partial charge in [-0.2, -0.15) is 8.42 Å². The summed E-state index contributed by atoms with van der Waals surface area (Å²) in [5.74, 6) is 0. The summed E-state index contributed by atoms with van der Waals surface area (Å²) in [4.78, 5) is 0. The molecule has 0 unspecified atom stereocenters. The summed E-state index contributed by atoms with van der Waals surface area (Å²) >= 11 is 0. The summed E-state index contributed by atoms with van der Waals surface area (Å²) in [6.45, 7) is 6.64. The fourth-order valence-corrected chi connectivity index (χ4v) is 5.10. The van der Waals surface area contributed by atoms with Gasteiger partial charge in [0.2, 0.25) is 0 Å². The van der Waals surface area contributed by atoms with E-state index in [1.54, 1.807) is 0 Å². The van der Waals surface area contributed by atoms with Gasteiger partial charge in [0.15, 0.2) is 0 Å². The zero-order chi connectivity index (χ0) is 22.6. The van der Waals surface area contributed by atoms with E-state index in [1.165, 1.54) is 77.0 Å². The predicted octanol–water partition coefficient (Wildman–Crippen LogP) is 8.96. The van der Waals surface area contributed by atoms with Gasteiger partial charge in [-0.15, -0.1) is 0 Å². The summed E-state index contributed by atoms with van der Waals surface area (Å²) < 4.78 is 38.4. The van der Waals surface area contributed by atoms with Crippen molar-refractivity contribution in [1.82, 2.24) is 6.15 Å². The Labute approximate surface area is 195 Å². The van der Waals surface area contributed by atoms with Crippen molar-refractivity contribution in [2.24, 2.45) is 0 Å². The van der Waals surface area contributed by atoms with Crippen molar-refractivity contribution in [3.05, 3.63) is 0 Å². The molecule has 0 aromatic heterocycles. The number of unbranched alkanes of at least 4 members (excludes halogenated alkanes) is 15. The van der Waals surface area contributed by atoms with Crippen molar-refractivity contribution in [2.75, 3.05) is 0 Å². The highest BCUT2D eigenvalue weighted by atomic mass is 32.3. The van der Waals surface area contributed by atoms with E-state index in [4.69, 9.17) is 4.18 Å². The summed E-state index contributed by atoms with van der Waals surface area (Å²) in [7, 11) is -4.44. The molecule has 0 aliphatic rings. The minimum atomic E-state index is -4.44. The normalized spacial score (nSPS) is 12.1. The standard InChI is InChI=1S/C25H52O4S.H3N/c1-4-7-10-13-16-19-22-25(29-30(26,27)28,23-20-17-14-11-8-5-2)24-21-18-15-12-9-6-3;/h4-24H2,1-3H3,(H,26,27,28);1H3. The van der Waals surface area contributed by atoms with E-state index in [0.717, 1.165) is 57.8 Å². The van der Waals surface area contributed by atoms with Crippen molar-refractivity contribution >= 4 is 10.4 Å². The Balaban J connectivity index is 0. The molecule has 190 valence electrons. The lowest BCUT2D eigenvalue weighted by Gasteiger charge is -2.32. The van der Waals surface area contributed by atoms with E-state index in [0.29, 0.717) is 0 Å². The van der Waals surface area contributed by atoms with Gasteiger partial charge >= 0.3 is 10.4 Å². The van der Waals surface area contributed by atoms with Gasteiger partial charge in [-0.05, 0) is 19.3 Å². The molecule has 0 saturated heterocycles. The Morgan fingerprint density at radius 2 is 0.806 bits per heavy atom. The van der Waals surface area contributed by atoms with Crippen molar-refractivity contribution in [2.45, 2.75) is 161 Å². The third kappa shape index (κ3) is 21.4. The molecule has 0 bridgehead atoms. The fourth-order valence-electron chi connectivity index (χ4n) is 4.41. The molecule has 0 heterocycles. The van der Waals surface area contributed by atoms with Crippen molar-refractivity contribution in [3.8, 4) is 0 Å². The molecule has 5 nitrogen and oxygen atoms in total. The lowest BCUT2D eigenvalue weighted by molar-refractivity contribution is 0.0287. The Kier molecular flexibility index (Phi) is 23.1. The predicted molar refractivity (Wildman–Crippen MR) is 134 cm³/mol. The fraction of sp³-hybridized carbons (Fsp3) is 1.00. The van der Waals surface area contributed by atoms with Crippen LogP contribution in [-0.2, 0) is 14.6 Å². The van der Waals surface area contributed by atoms with Crippen molar-refractivity contribution < 1.29 is 17.2 Å². The maximum atomic E-state index is 11.7. The highest BCUT2D eigenvalue weighted by Crippen LogP contribution is 2.34. The molecule has 0 aliphatic carbocycles. The van der Waals surface area contributed by atoms with E-state index < -0.39 is 16.0 Å². The van der Waals surface area contributed by atoms with E-state index in [9.17, 15) is 13.0 Å². The average molecular weight is 466 g/mol. The first kappa shape index (κ1) is 33.0. The van der Waals surface area contributed by atoms with Gasteiger partial charge in [-0.1, -0.05) is 136 Å². The second-order valence-electron chi connectivity index (χ2n) is 9.25. The van der Waals surface area contributed by atoms with Gasteiger partial charge in [-0.25, -0.2) is 4.18 Å². The second kappa shape index (κ2) is 21.7. The molecule has 0 aliphatic heterocycles. The zero-order valence-electron chi connectivity index (χ0n) is 21.1. The first-order chi connectivity index (χ1) is 14.4. The Morgan fingerprint density at radius 1 is 0.548 bits per heavy atom. The van der Waals surface area contributed by atoms with Gasteiger partial charge in [0.05, 0.1) is 5.60 Å². The SMILES string of the molecule is CCCCCCCCC(CCCCCCCC)(CCCCCCCC)OS(=O)(=O)O.N. The summed E-state index contributed by atoms with van der Waals surface area (Å²) in [6, 6.07) is 0. The van der Waals surface area contributed by atoms with E-state index >= 15 is 0 Å². The molecule has 0 amide bonds. The molecule has 0 aromatic rings. The zero-order valence-corrected chi connectivity index (χ0v) is 22.0. The highest BCUT2D eigenvalue weighted by Gasteiger charge is 2.34. The van der Waals surface area contributed by atoms with Gasteiger partial charge in [0.1, 0.15) is 0 Å². The van der Waals surface area contributed by atoms with Crippen LogP contribution in [0.3, 0.4) is 0 Å². The molecule has 0 spiro atoms. The van der Waals surface area contributed by atoms with E-state index in [2.05, 4.69) is 20.8 Å². The highest BCUT2D eigenvalue weighted by molar-refractivity contribution is 7.80. The molecular formula is C25H55NO4S. The Morgan fingerprint density at radius 3 is 1.06 bits per heavy atom. The molecule has 0 saturated carbocycles.